The van der Waals surface area contributed by atoms with Gasteiger partial charge in [0.05, 0.1) is 23.5 Å². The van der Waals surface area contributed by atoms with Crippen molar-refractivity contribution in [3.8, 4) is 11.3 Å². The fourth-order valence-corrected chi connectivity index (χ4v) is 3.01. The number of rotatable bonds is 3. The van der Waals surface area contributed by atoms with Crippen LogP contribution in [0.3, 0.4) is 0 Å². The van der Waals surface area contributed by atoms with Gasteiger partial charge < -0.3 is 9.47 Å². The minimum absolute atomic E-state index is 0.211. The molecule has 0 aliphatic heterocycles. The Labute approximate surface area is 173 Å². The number of hydrogen-bond donors (Lipinski definition) is 1. The third kappa shape index (κ3) is 4.84. The van der Waals surface area contributed by atoms with Crippen molar-refractivity contribution in [3.63, 3.8) is 0 Å². The molecule has 1 amide bonds. The zero-order valence-corrected chi connectivity index (χ0v) is 17.3. The summed E-state index contributed by atoms with van der Waals surface area (Å²) in [5, 5.41) is 4.74. The highest BCUT2D eigenvalue weighted by Gasteiger charge is 2.18. The molecule has 1 heterocycles. The van der Waals surface area contributed by atoms with E-state index in [-0.39, 0.29) is 5.69 Å². The van der Waals surface area contributed by atoms with Gasteiger partial charge in [0.25, 0.3) is 0 Å². The number of anilines is 1. The Morgan fingerprint density at radius 1 is 1.07 bits per heavy atom. The van der Waals surface area contributed by atoms with E-state index in [2.05, 4.69) is 10.3 Å². The van der Waals surface area contributed by atoms with Crippen LogP contribution in [0.4, 0.5) is 10.5 Å². The Morgan fingerprint density at radius 3 is 2.48 bits per heavy atom. The standard InChI is InChI=1S/C22H21ClN2O4/c1-22(2,3)29-21(27)25-19-15-12-14(9-8-13(15)10-11-16(19)23)17-6-5-7-18(24-17)20(26)28-4/h5-12H,1-4H3,(H,25,27). The number of halogens is 1. The lowest BCUT2D eigenvalue weighted by Crippen LogP contribution is -2.27. The summed E-state index contributed by atoms with van der Waals surface area (Å²) in [7, 11) is 1.31. The number of benzene rings is 2. The number of amides is 1. The maximum absolute atomic E-state index is 12.3. The predicted molar refractivity (Wildman–Crippen MR) is 113 cm³/mol. The molecule has 0 spiro atoms. The molecule has 0 atom stereocenters. The number of aromatic nitrogens is 1. The molecule has 7 heteroatoms. The summed E-state index contributed by atoms with van der Waals surface area (Å²) in [4.78, 5) is 28.4. The molecule has 0 radical (unpaired) electrons. The number of carbonyl (C=O) groups excluding carboxylic acids is 2. The summed E-state index contributed by atoms with van der Waals surface area (Å²) in [6, 6.07) is 14.3. The molecule has 0 saturated heterocycles. The number of esters is 1. The molecule has 3 aromatic rings. The first-order valence-corrected chi connectivity index (χ1v) is 9.34. The second-order valence-corrected chi connectivity index (χ2v) is 7.79. The molecule has 0 fully saturated rings. The summed E-state index contributed by atoms with van der Waals surface area (Å²) < 4.78 is 10.1. The molecule has 6 nitrogen and oxygen atoms in total. The highest BCUT2D eigenvalue weighted by molar-refractivity contribution is 6.35. The van der Waals surface area contributed by atoms with Crippen LogP contribution in [0.5, 0.6) is 0 Å². The second kappa shape index (κ2) is 8.09. The fraction of sp³-hybridized carbons (Fsp3) is 0.227. The Kier molecular flexibility index (Phi) is 5.75. The third-order valence-corrected chi connectivity index (χ3v) is 4.35. The topological polar surface area (TPSA) is 77.5 Å². The van der Waals surface area contributed by atoms with Gasteiger partial charge in [-0.15, -0.1) is 0 Å². The lowest BCUT2D eigenvalue weighted by atomic mass is 10.0. The summed E-state index contributed by atoms with van der Waals surface area (Å²) in [6.45, 7) is 5.36. The first-order valence-electron chi connectivity index (χ1n) is 8.96. The molecule has 0 saturated carbocycles. The van der Waals surface area contributed by atoms with Gasteiger partial charge in [0.1, 0.15) is 11.3 Å². The van der Waals surface area contributed by atoms with Gasteiger partial charge in [-0.25, -0.2) is 14.6 Å². The van der Waals surface area contributed by atoms with Gasteiger partial charge in [-0.1, -0.05) is 35.9 Å². The highest BCUT2D eigenvalue weighted by Crippen LogP contribution is 2.34. The van der Waals surface area contributed by atoms with Gasteiger partial charge in [-0.05, 0) is 50.4 Å². The summed E-state index contributed by atoms with van der Waals surface area (Å²) in [5.74, 6) is -0.511. The van der Waals surface area contributed by atoms with Crippen LogP contribution in [0.2, 0.25) is 5.02 Å². The molecule has 1 N–H and O–H groups in total. The Hall–Kier alpha value is -3.12. The normalized spacial score (nSPS) is 11.2. The summed E-state index contributed by atoms with van der Waals surface area (Å²) in [6.07, 6.45) is -0.594. The van der Waals surface area contributed by atoms with Crippen LogP contribution in [-0.4, -0.2) is 29.8 Å². The minimum atomic E-state index is -0.634. The van der Waals surface area contributed by atoms with Crippen molar-refractivity contribution in [2.75, 3.05) is 12.4 Å². The number of methoxy groups -OCH3 is 1. The van der Waals surface area contributed by atoms with Crippen LogP contribution >= 0.6 is 11.6 Å². The number of nitrogens with one attached hydrogen (secondary N) is 1. The zero-order chi connectivity index (χ0) is 21.2. The van der Waals surface area contributed by atoms with Gasteiger partial charge >= 0.3 is 12.1 Å². The highest BCUT2D eigenvalue weighted by atomic mass is 35.5. The number of pyridine rings is 1. The number of hydrogen-bond acceptors (Lipinski definition) is 5. The van der Waals surface area contributed by atoms with Gasteiger partial charge in [-0.2, -0.15) is 0 Å². The van der Waals surface area contributed by atoms with Crippen LogP contribution < -0.4 is 5.32 Å². The Morgan fingerprint density at radius 2 is 1.79 bits per heavy atom. The molecule has 0 unspecified atom stereocenters. The Balaban J connectivity index is 2.05. The largest absolute Gasteiger partial charge is 0.464 e. The maximum Gasteiger partial charge on any atom is 0.412 e. The summed E-state index contributed by atoms with van der Waals surface area (Å²) in [5.41, 5.74) is 1.38. The lowest BCUT2D eigenvalue weighted by molar-refractivity contribution is 0.0592. The predicted octanol–water partition coefficient (Wildman–Crippen LogP) is 5.69. The third-order valence-electron chi connectivity index (χ3n) is 4.04. The average Bonchev–Trinajstić information content (AvgIpc) is 2.68. The maximum atomic E-state index is 12.3. The van der Waals surface area contributed by atoms with Crippen LogP contribution in [0, 0.1) is 0 Å². The second-order valence-electron chi connectivity index (χ2n) is 7.38. The van der Waals surface area contributed by atoms with Gasteiger partial charge in [0.2, 0.25) is 0 Å². The van der Waals surface area contributed by atoms with E-state index in [0.717, 1.165) is 16.3 Å². The van der Waals surface area contributed by atoms with Crippen molar-refractivity contribution in [2.45, 2.75) is 26.4 Å². The van der Waals surface area contributed by atoms with E-state index in [1.54, 1.807) is 45.0 Å². The monoisotopic (exact) mass is 412 g/mol. The molecule has 0 bridgehead atoms. The first kappa shape index (κ1) is 20.6. The lowest BCUT2D eigenvalue weighted by Gasteiger charge is -2.20. The zero-order valence-electron chi connectivity index (χ0n) is 16.6. The number of fused-ring (bicyclic) bond motifs is 1. The van der Waals surface area contributed by atoms with E-state index < -0.39 is 17.7 Å². The number of nitrogens with zero attached hydrogens (tertiary/aromatic N) is 1. The number of ether oxygens (including phenoxy) is 2. The molecule has 1 aromatic heterocycles. The van der Waals surface area contributed by atoms with E-state index >= 15 is 0 Å². The van der Waals surface area contributed by atoms with Crippen LogP contribution in [0.25, 0.3) is 22.0 Å². The molecule has 150 valence electrons. The summed E-state index contributed by atoms with van der Waals surface area (Å²) >= 11 is 6.36. The van der Waals surface area contributed by atoms with Crippen molar-refractivity contribution in [1.29, 1.82) is 0 Å². The molecule has 0 aliphatic rings. The van der Waals surface area contributed by atoms with Crippen molar-refractivity contribution in [3.05, 3.63) is 59.2 Å². The quantitative estimate of drug-likeness (QED) is 0.559. The molecular formula is C22H21ClN2O4. The van der Waals surface area contributed by atoms with Crippen molar-refractivity contribution >= 4 is 40.1 Å². The van der Waals surface area contributed by atoms with E-state index in [4.69, 9.17) is 21.1 Å². The van der Waals surface area contributed by atoms with E-state index in [9.17, 15) is 9.59 Å². The van der Waals surface area contributed by atoms with Crippen molar-refractivity contribution < 1.29 is 19.1 Å². The van der Waals surface area contributed by atoms with Crippen LogP contribution in [0.15, 0.2) is 48.5 Å². The van der Waals surface area contributed by atoms with Crippen LogP contribution in [-0.2, 0) is 9.47 Å². The smallest absolute Gasteiger partial charge is 0.412 e. The van der Waals surface area contributed by atoms with Gasteiger partial charge in [0.15, 0.2) is 0 Å². The van der Waals surface area contributed by atoms with E-state index in [1.807, 2.05) is 24.3 Å². The average molecular weight is 413 g/mol. The Bertz CT molecular complexity index is 1090. The van der Waals surface area contributed by atoms with E-state index in [0.29, 0.717) is 16.4 Å². The van der Waals surface area contributed by atoms with Gasteiger partial charge in [-0.3, -0.25) is 5.32 Å². The molecule has 3 rings (SSSR count). The minimum Gasteiger partial charge on any atom is -0.464 e. The number of carbonyl (C=O) groups is 2. The molecule has 0 aliphatic carbocycles. The SMILES string of the molecule is COC(=O)c1cccc(-c2ccc3ccc(Cl)c(NC(=O)OC(C)(C)C)c3c2)n1. The van der Waals surface area contributed by atoms with E-state index in [1.165, 1.54) is 7.11 Å². The van der Waals surface area contributed by atoms with Crippen molar-refractivity contribution in [1.82, 2.24) is 4.98 Å². The molecule has 2 aromatic carbocycles. The first-order chi connectivity index (χ1) is 13.7. The van der Waals surface area contributed by atoms with Gasteiger partial charge in [0, 0.05) is 10.9 Å². The molecular weight excluding hydrogens is 392 g/mol. The molecule has 29 heavy (non-hydrogen) atoms. The van der Waals surface area contributed by atoms with Crippen molar-refractivity contribution in [2.24, 2.45) is 0 Å². The fourth-order valence-electron chi connectivity index (χ4n) is 2.80. The van der Waals surface area contributed by atoms with Crippen LogP contribution in [0.1, 0.15) is 31.3 Å².